The molecule has 0 aliphatic carbocycles. The Hall–Kier alpha value is -3.92. The summed E-state index contributed by atoms with van der Waals surface area (Å²) < 4.78 is 11.2. The van der Waals surface area contributed by atoms with Crippen LogP contribution in [-0.4, -0.2) is 48.1 Å². The van der Waals surface area contributed by atoms with Gasteiger partial charge in [-0.3, -0.25) is 24.5 Å². The van der Waals surface area contributed by atoms with Gasteiger partial charge >= 0.3 is 5.97 Å². The van der Waals surface area contributed by atoms with Crippen LogP contribution in [0, 0.1) is 11.8 Å². The SMILES string of the molecule is O=C(O)CC[C@@H]1N[C@@]2(C(=O)Nc3ccccc32)[C@H]2C(=O)N(c3ccc4c(c3)OCCO4)C(=O)[C@H]12. The Kier molecular flexibility index (Phi) is 4.43. The van der Waals surface area contributed by atoms with Crippen LogP contribution in [0.15, 0.2) is 42.5 Å². The minimum Gasteiger partial charge on any atom is -0.486 e. The Morgan fingerprint density at radius 3 is 2.62 bits per heavy atom. The molecule has 2 aromatic carbocycles. The molecule has 2 aromatic rings. The molecule has 10 heteroatoms. The first kappa shape index (κ1) is 20.7. The number of fused-ring (bicyclic) bond motifs is 5. The Morgan fingerprint density at radius 1 is 1.06 bits per heavy atom. The lowest BCUT2D eigenvalue weighted by Crippen LogP contribution is -2.53. The van der Waals surface area contributed by atoms with Crippen molar-refractivity contribution in [3.8, 4) is 11.5 Å². The van der Waals surface area contributed by atoms with E-state index in [0.717, 1.165) is 4.90 Å². The second kappa shape index (κ2) is 7.29. The van der Waals surface area contributed by atoms with Gasteiger partial charge in [0.15, 0.2) is 11.5 Å². The molecule has 34 heavy (non-hydrogen) atoms. The third-order valence-electron chi connectivity index (χ3n) is 7.08. The molecule has 0 unspecified atom stereocenters. The van der Waals surface area contributed by atoms with E-state index in [2.05, 4.69) is 10.6 Å². The molecule has 0 bridgehead atoms. The van der Waals surface area contributed by atoms with Crippen LogP contribution < -0.4 is 25.0 Å². The minimum absolute atomic E-state index is 0.0989. The van der Waals surface area contributed by atoms with Crippen LogP contribution in [0.25, 0.3) is 0 Å². The average molecular weight is 463 g/mol. The maximum Gasteiger partial charge on any atom is 0.303 e. The molecule has 1 spiro atoms. The number of carboxylic acids is 1. The van der Waals surface area contributed by atoms with Crippen LogP contribution in [0.4, 0.5) is 11.4 Å². The standard InChI is InChI=1S/C24H21N3O7/c28-18(29)8-6-15-19-20(24(26-15)13-3-1-2-4-14(13)25-23(24)32)22(31)27(21(19)30)12-5-7-16-17(11-12)34-10-9-33-16/h1-5,7,11,15,19-20,26H,6,8-10H2,(H,25,32)(H,28,29)/t15-,19+,20+,24+/m0/s1. The van der Waals surface area contributed by atoms with Crippen LogP contribution in [-0.2, 0) is 24.7 Å². The van der Waals surface area contributed by atoms with Crippen molar-refractivity contribution in [2.24, 2.45) is 11.8 Å². The molecule has 6 rings (SSSR count). The first-order valence-electron chi connectivity index (χ1n) is 11.1. The van der Waals surface area contributed by atoms with Crippen molar-refractivity contribution < 1.29 is 33.8 Å². The van der Waals surface area contributed by atoms with Crippen molar-refractivity contribution in [2.75, 3.05) is 23.4 Å². The molecule has 0 radical (unpaired) electrons. The zero-order chi connectivity index (χ0) is 23.6. The van der Waals surface area contributed by atoms with Gasteiger partial charge in [-0.15, -0.1) is 0 Å². The van der Waals surface area contributed by atoms with Gasteiger partial charge in [0.1, 0.15) is 18.8 Å². The zero-order valence-electron chi connectivity index (χ0n) is 17.9. The van der Waals surface area contributed by atoms with Crippen LogP contribution in [0.5, 0.6) is 11.5 Å². The highest BCUT2D eigenvalue weighted by molar-refractivity contribution is 6.25. The molecule has 3 N–H and O–H groups in total. The summed E-state index contributed by atoms with van der Waals surface area (Å²) in [6.45, 7) is 0.761. The number of para-hydroxylation sites is 1. The van der Waals surface area contributed by atoms with Crippen LogP contribution in [0.1, 0.15) is 18.4 Å². The first-order valence-corrected chi connectivity index (χ1v) is 11.1. The number of amides is 3. The molecule has 4 atom stereocenters. The fraction of sp³-hybridized carbons (Fsp3) is 0.333. The molecule has 3 amide bonds. The highest BCUT2D eigenvalue weighted by Crippen LogP contribution is 2.54. The van der Waals surface area contributed by atoms with Gasteiger partial charge in [0.05, 0.1) is 17.5 Å². The molecule has 2 saturated heterocycles. The third-order valence-corrected chi connectivity index (χ3v) is 7.08. The van der Waals surface area contributed by atoms with Crippen molar-refractivity contribution in [3.63, 3.8) is 0 Å². The Balaban J connectivity index is 1.46. The average Bonchev–Trinajstić information content (AvgIpc) is 3.42. The van der Waals surface area contributed by atoms with E-state index in [9.17, 15) is 24.3 Å². The summed E-state index contributed by atoms with van der Waals surface area (Å²) in [6, 6.07) is 11.2. The number of hydrogen-bond acceptors (Lipinski definition) is 7. The van der Waals surface area contributed by atoms with E-state index in [4.69, 9.17) is 9.47 Å². The summed E-state index contributed by atoms with van der Waals surface area (Å²) in [5.41, 5.74) is 0.0147. The molecule has 4 heterocycles. The second-order valence-electron chi connectivity index (χ2n) is 8.83. The number of rotatable bonds is 4. The number of anilines is 2. The first-order chi connectivity index (χ1) is 16.4. The Bertz CT molecular complexity index is 1260. The van der Waals surface area contributed by atoms with E-state index in [0.29, 0.717) is 41.7 Å². The molecule has 0 aromatic heterocycles. The normalized spacial score (nSPS) is 28.8. The fourth-order valence-electron chi connectivity index (χ4n) is 5.71. The van der Waals surface area contributed by atoms with Crippen molar-refractivity contribution >= 4 is 35.1 Å². The number of carboxylic acid groups (broad SMARTS) is 1. The molecular formula is C24H21N3O7. The smallest absolute Gasteiger partial charge is 0.303 e. The van der Waals surface area contributed by atoms with Crippen LogP contribution in [0.3, 0.4) is 0 Å². The van der Waals surface area contributed by atoms with Crippen molar-refractivity contribution in [3.05, 3.63) is 48.0 Å². The molecule has 2 fully saturated rings. The van der Waals surface area contributed by atoms with Crippen LogP contribution in [0.2, 0.25) is 0 Å². The Labute approximate surface area is 193 Å². The fourth-order valence-corrected chi connectivity index (χ4v) is 5.71. The van der Waals surface area contributed by atoms with Gasteiger partial charge in [-0.1, -0.05) is 18.2 Å². The lowest BCUT2D eigenvalue weighted by atomic mass is 9.76. The second-order valence-corrected chi connectivity index (χ2v) is 8.83. The summed E-state index contributed by atoms with van der Waals surface area (Å²) in [6.07, 6.45) is -0.104. The van der Waals surface area contributed by atoms with Gasteiger partial charge in [0.25, 0.3) is 0 Å². The van der Waals surface area contributed by atoms with E-state index in [-0.39, 0.29) is 12.8 Å². The van der Waals surface area contributed by atoms with Gasteiger partial charge in [0, 0.05) is 29.8 Å². The summed E-state index contributed by atoms with van der Waals surface area (Å²) in [5, 5.41) is 15.3. The number of carbonyl (C=O) groups excluding carboxylic acids is 3. The van der Waals surface area contributed by atoms with E-state index in [1.54, 1.807) is 42.5 Å². The number of nitrogens with zero attached hydrogens (tertiary/aromatic N) is 1. The molecule has 10 nitrogen and oxygen atoms in total. The maximum atomic E-state index is 13.9. The summed E-state index contributed by atoms with van der Waals surface area (Å²) in [4.78, 5) is 53.3. The van der Waals surface area contributed by atoms with Gasteiger partial charge < -0.3 is 19.9 Å². The molecule has 174 valence electrons. The van der Waals surface area contributed by atoms with Crippen molar-refractivity contribution in [1.82, 2.24) is 5.32 Å². The lowest BCUT2D eigenvalue weighted by Gasteiger charge is -2.29. The highest BCUT2D eigenvalue weighted by atomic mass is 16.6. The molecule has 4 aliphatic heterocycles. The van der Waals surface area contributed by atoms with Gasteiger partial charge in [0.2, 0.25) is 17.7 Å². The van der Waals surface area contributed by atoms with Crippen molar-refractivity contribution in [2.45, 2.75) is 24.4 Å². The Morgan fingerprint density at radius 2 is 1.82 bits per heavy atom. The van der Waals surface area contributed by atoms with Gasteiger partial charge in [-0.25, -0.2) is 4.90 Å². The van der Waals surface area contributed by atoms with E-state index in [1.807, 2.05) is 0 Å². The van der Waals surface area contributed by atoms with E-state index in [1.165, 1.54) is 0 Å². The van der Waals surface area contributed by atoms with E-state index >= 15 is 0 Å². The van der Waals surface area contributed by atoms with Crippen LogP contribution >= 0.6 is 0 Å². The summed E-state index contributed by atoms with van der Waals surface area (Å²) in [5.74, 6) is -3.38. The summed E-state index contributed by atoms with van der Waals surface area (Å²) >= 11 is 0. The number of carbonyl (C=O) groups is 4. The number of aliphatic carboxylic acids is 1. The highest BCUT2D eigenvalue weighted by Gasteiger charge is 2.70. The molecular weight excluding hydrogens is 442 g/mol. The van der Waals surface area contributed by atoms with Gasteiger partial charge in [-0.05, 0) is 24.6 Å². The van der Waals surface area contributed by atoms with Gasteiger partial charge in [-0.2, -0.15) is 0 Å². The quantitative estimate of drug-likeness (QED) is 0.577. The minimum atomic E-state index is -1.46. The maximum absolute atomic E-state index is 13.9. The predicted octanol–water partition coefficient (Wildman–Crippen LogP) is 1.25. The predicted molar refractivity (Wildman–Crippen MR) is 117 cm³/mol. The largest absolute Gasteiger partial charge is 0.486 e. The lowest BCUT2D eigenvalue weighted by molar-refractivity contribution is -0.137. The molecule has 0 saturated carbocycles. The number of nitrogens with one attached hydrogen (secondary N) is 2. The monoisotopic (exact) mass is 463 g/mol. The number of benzene rings is 2. The van der Waals surface area contributed by atoms with E-state index < -0.39 is 47.1 Å². The molecule has 4 aliphatic rings. The number of hydrogen-bond donors (Lipinski definition) is 3. The third kappa shape index (κ3) is 2.72. The number of ether oxygens (including phenoxy) is 2. The van der Waals surface area contributed by atoms with Crippen molar-refractivity contribution in [1.29, 1.82) is 0 Å². The zero-order valence-corrected chi connectivity index (χ0v) is 17.9. The topological polar surface area (TPSA) is 134 Å². The summed E-state index contributed by atoms with van der Waals surface area (Å²) in [7, 11) is 0. The number of imide groups is 1.